The molecule has 4 rings (SSSR count). The van der Waals surface area contributed by atoms with Crippen molar-refractivity contribution in [3.63, 3.8) is 0 Å². The number of aliphatic hydroxyl groups excluding tert-OH is 1. The van der Waals surface area contributed by atoms with Crippen molar-refractivity contribution in [2.24, 2.45) is 5.92 Å². The van der Waals surface area contributed by atoms with Crippen molar-refractivity contribution >= 4 is 6.09 Å². The van der Waals surface area contributed by atoms with E-state index in [4.69, 9.17) is 4.74 Å². The van der Waals surface area contributed by atoms with Crippen molar-refractivity contribution in [1.29, 1.82) is 0 Å². The Kier molecular flexibility index (Phi) is 4.00. The van der Waals surface area contributed by atoms with Crippen molar-refractivity contribution in [3.8, 4) is 0 Å². The summed E-state index contributed by atoms with van der Waals surface area (Å²) in [5.74, 6) is 0.249. The zero-order valence-corrected chi connectivity index (χ0v) is 14.2. The number of rotatable bonds is 1. The molecule has 1 N–H and O–H groups in total. The van der Waals surface area contributed by atoms with Gasteiger partial charge < -0.3 is 19.6 Å². The van der Waals surface area contributed by atoms with E-state index in [0.29, 0.717) is 13.1 Å². The number of hydrogen-bond acceptors (Lipinski definition) is 4. The van der Waals surface area contributed by atoms with Crippen LogP contribution in [0.2, 0.25) is 0 Å². The summed E-state index contributed by atoms with van der Waals surface area (Å²) >= 11 is 0. The summed E-state index contributed by atoms with van der Waals surface area (Å²) in [6.07, 6.45) is 6.78. The molecule has 0 radical (unpaired) electrons. The molecule has 3 fully saturated rings. The number of amides is 1. The van der Waals surface area contributed by atoms with Crippen molar-refractivity contribution in [3.05, 3.63) is 36.1 Å². The molecule has 126 valence electrons. The highest BCUT2D eigenvalue weighted by Gasteiger charge is 2.43. The van der Waals surface area contributed by atoms with Gasteiger partial charge in [0, 0.05) is 36.3 Å². The lowest BCUT2D eigenvalue weighted by Gasteiger charge is -2.45. The van der Waals surface area contributed by atoms with E-state index in [9.17, 15) is 9.90 Å². The first-order valence-electron chi connectivity index (χ1n) is 8.28. The Balaban J connectivity index is 1.84. The van der Waals surface area contributed by atoms with Crippen molar-refractivity contribution < 1.29 is 14.6 Å². The van der Waals surface area contributed by atoms with Gasteiger partial charge >= 0.3 is 6.09 Å². The summed E-state index contributed by atoms with van der Waals surface area (Å²) in [6, 6.07) is 0.117. The molecule has 0 aliphatic carbocycles. The Morgan fingerprint density at radius 1 is 1.35 bits per heavy atom. The average molecular weight is 318 g/mol. The smallest absolute Gasteiger partial charge is 0.410 e. The number of piperidine rings is 1. The van der Waals surface area contributed by atoms with Crippen LogP contribution in [-0.2, 0) is 4.74 Å². The third-order valence-electron chi connectivity index (χ3n) is 4.73. The highest BCUT2D eigenvalue weighted by molar-refractivity contribution is 5.68. The Morgan fingerprint density at radius 3 is 2.74 bits per heavy atom. The zero-order chi connectivity index (χ0) is 16.8. The number of ether oxygens (including phenoxy) is 1. The molecule has 0 spiro atoms. The standard InChI is InChI=1S/C18H26N2O3/c1-5-12-7-9-15-13-6-8-14(20(15)16(12)21)11-19(10-13)17(22)23-18(2,3)4/h5,7,9,13-14,16,21H,1,6,8,10-11H2,2-4H3. The zero-order valence-electron chi connectivity index (χ0n) is 14.2. The lowest BCUT2D eigenvalue weighted by molar-refractivity contribution is 0.00245. The van der Waals surface area contributed by atoms with Crippen LogP contribution in [0.5, 0.6) is 0 Å². The average Bonchev–Trinajstić information content (AvgIpc) is 2.77. The largest absolute Gasteiger partial charge is 0.444 e. The first-order valence-corrected chi connectivity index (χ1v) is 8.28. The van der Waals surface area contributed by atoms with Gasteiger partial charge in [-0.2, -0.15) is 0 Å². The maximum Gasteiger partial charge on any atom is 0.410 e. The fraction of sp³-hybridized carbons (Fsp3) is 0.611. The monoisotopic (exact) mass is 318 g/mol. The van der Waals surface area contributed by atoms with Crippen LogP contribution in [0.15, 0.2) is 36.1 Å². The number of hydrogen-bond donors (Lipinski definition) is 1. The summed E-state index contributed by atoms with van der Waals surface area (Å²) in [7, 11) is 0. The van der Waals surface area contributed by atoms with E-state index in [1.807, 2.05) is 26.8 Å². The molecule has 0 aromatic heterocycles. The first-order chi connectivity index (χ1) is 10.8. The Bertz CT molecular complexity index is 573. The highest BCUT2D eigenvalue weighted by atomic mass is 16.6. The predicted octanol–water partition coefficient (Wildman–Crippen LogP) is 2.65. The van der Waals surface area contributed by atoms with Gasteiger partial charge in [-0.05, 0) is 39.7 Å². The summed E-state index contributed by atoms with van der Waals surface area (Å²) in [6.45, 7) is 10.7. The van der Waals surface area contributed by atoms with Gasteiger partial charge in [0.25, 0.3) is 0 Å². The maximum absolute atomic E-state index is 12.5. The molecule has 0 aromatic rings. The minimum atomic E-state index is -0.668. The van der Waals surface area contributed by atoms with Crippen LogP contribution in [0.4, 0.5) is 4.79 Å². The molecule has 3 saturated heterocycles. The van der Waals surface area contributed by atoms with E-state index >= 15 is 0 Å². The van der Waals surface area contributed by atoms with Crippen LogP contribution in [-0.4, -0.2) is 52.0 Å². The molecule has 23 heavy (non-hydrogen) atoms. The van der Waals surface area contributed by atoms with Crippen LogP contribution in [0, 0.1) is 5.92 Å². The van der Waals surface area contributed by atoms with Crippen molar-refractivity contribution in [2.45, 2.75) is 51.5 Å². The quantitative estimate of drug-likeness (QED) is 0.807. The van der Waals surface area contributed by atoms with Crippen LogP contribution < -0.4 is 0 Å². The van der Waals surface area contributed by atoms with Gasteiger partial charge in [-0.1, -0.05) is 18.7 Å². The number of aliphatic hydroxyl groups is 1. The molecule has 3 atom stereocenters. The van der Waals surface area contributed by atoms with E-state index < -0.39 is 11.8 Å². The van der Waals surface area contributed by atoms with Crippen LogP contribution in [0.3, 0.4) is 0 Å². The van der Waals surface area contributed by atoms with Gasteiger partial charge in [0.15, 0.2) is 6.23 Å². The second-order valence-corrected chi connectivity index (χ2v) is 7.56. The Hall–Kier alpha value is -1.75. The molecule has 5 nitrogen and oxygen atoms in total. The molecule has 4 aliphatic rings. The number of nitrogens with zero attached hydrogens (tertiary/aromatic N) is 2. The molecule has 1 amide bonds. The lowest BCUT2D eigenvalue weighted by atomic mass is 9.88. The molecule has 0 saturated carbocycles. The summed E-state index contributed by atoms with van der Waals surface area (Å²) in [5, 5.41) is 10.6. The summed E-state index contributed by atoms with van der Waals surface area (Å²) in [4.78, 5) is 16.3. The van der Waals surface area contributed by atoms with Gasteiger partial charge in [0.2, 0.25) is 0 Å². The van der Waals surface area contributed by atoms with E-state index in [0.717, 1.165) is 24.1 Å². The van der Waals surface area contributed by atoms with E-state index in [1.54, 1.807) is 11.0 Å². The number of carbonyl (C=O) groups excluding carboxylic acids is 1. The molecule has 5 heteroatoms. The minimum Gasteiger partial charge on any atom is -0.444 e. The topological polar surface area (TPSA) is 53.0 Å². The second kappa shape index (κ2) is 5.71. The summed E-state index contributed by atoms with van der Waals surface area (Å²) < 4.78 is 5.54. The minimum absolute atomic E-state index is 0.117. The highest BCUT2D eigenvalue weighted by Crippen LogP contribution is 2.40. The van der Waals surface area contributed by atoms with E-state index in [-0.39, 0.29) is 18.1 Å². The van der Waals surface area contributed by atoms with E-state index in [1.165, 1.54) is 0 Å². The number of carbonyl (C=O) groups is 1. The summed E-state index contributed by atoms with van der Waals surface area (Å²) in [5.41, 5.74) is 1.45. The normalized spacial score (nSPS) is 30.2. The SMILES string of the molecule is C=CC1=CC=C2C3CCC(CN(C(=O)OC(C)(C)C)C3)N2C1O. The third-order valence-corrected chi connectivity index (χ3v) is 4.73. The second-order valence-electron chi connectivity index (χ2n) is 7.56. The third kappa shape index (κ3) is 3.02. The molecule has 4 aliphatic heterocycles. The van der Waals surface area contributed by atoms with Crippen molar-refractivity contribution in [2.75, 3.05) is 13.1 Å². The fourth-order valence-electron chi connectivity index (χ4n) is 3.70. The Labute approximate surface area is 137 Å². The van der Waals surface area contributed by atoms with Gasteiger partial charge in [0.05, 0.1) is 0 Å². The van der Waals surface area contributed by atoms with Gasteiger partial charge in [-0.25, -0.2) is 4.79 Å². The fourth-order valence-corrected chi connectivity index (χ4v) is 3.70. The molecular weight excluding hydrogens is 292 g/mol. The molecule has 4 heterocycles. The Morgan fingerprint density at radius 2 is 2.09 bits per heavy atom. The predicted molar refractivity (Wildman–Crippen MR) is 88.5 cm³/mol. The van der Waals surface area contributed by atoms with Crippen LogP contribution in [0.1, 0.15) is 33.6 Å². The molecule has 3 unspecified atom stereocenters. The number of fused-ring (bicyclic) bond motifs is 3. The van der Waals surface area contributed by atoms with Crippen molar-refractivity contribution in [1.82, 2.24) is 9.80 Å². The molecule has 0 aromatic carbocycles. The maximum atomic E-state index is 12.5. The number of allylic oxidation sites excluding steroid dienone is 2. The van der Waals surface area contributed by atoms with Crippen LogP contribution in [0.25, 0.3) is 0 Å². The molecule has 2 bridgehead atoms. The lowest BCUT2D eigenvalue weighted by Crippen LogP contribution is -2.50. The first kappa shape index (κ1) is 16.1. The van der Waals surface area contributed by atoms with Gasteiger partial charge in [-0.3, -0.25) is 0 Å². The van der Waals surface area contributed by atoms with E-state index in [2.05, 4.69) is 17.6 Å². The van der Waals surface area contributed by atoms with Crippen LogP contribution >= 0.6 is 0 Å². The molecular formula is C18H26N2O3. The van der Waals surface area contributed by atoms with Gasteiger partial charge in [-0.15, -0.1) is 0 Å². The van der Waals surface area contributed by atoms with Gasteiger partial charge in [0.1, 0.15) is 5.60 Å².